The predicted molar refractivity (Wildman–Crippen MR) is 98.4 cm³/mol. The minimum atomic E-state index is -3.83. The number of carbonyl (C=O) groups is 1. The van der Waals surface area contributed by atoms with Gasteiger partial charge in [0.25, 0.3) is 5.69 Å². The molecule has 0 aromatic heterocycles. The average Bonchev–Trinajstić information content (AvgIpc) is 2.60. The summed E-state index contributed by atoms with van der Waals surface area (Å²) in [5.41, 5.74) is 0.564. The molecule has 144 valence electrons. The van der Waals surface area contributed by atoms with E-state index in [-0.39, 0.29) is 23.7 Å². The Hall–Kier alpha value is -3.01. The standard InChI is InChI=1S/C17H18FN3O5S/c1-27(25,26)20(15-3-2-4-16(11-15)21(23)24)12-17(22)19-10-9-13-5-7-14(18)8-6-13/h2-8,11H,9-10,12H2,1H3,(H,19,22). The SMILES string of the molecule is CS(=O)(=O)N(CC(=O)NCCc1ccc(F)cc1)c1cccc([N+](=O)[O-])c1. The van der Waals surface area contributed by atoms with Crippen molar-refractivity contribution in [3.63, 3.8) is 0 Å². The zero-order valence-electron chi connectivity index (χ0n) is 14.5. The van der Waals surface area contributed by atoms with Crippen molar-refractivity contribution >= 4 is 27.3 Å². The third-order valence-electron chi connectivity index (χ3n) is 3.67. The number of hydrogen-bond acceptors (Lipinski definition) is 5. The molecule has 2 aromatic carbocycles. The van der Waals surface area contributed by atoms with E-state index in [1.165, 1.54) is 30.3 Å². The second-order valence-electron chi connectivity index (χ2n) is 5.77. The second kappa shape index (κ2) is 8.58. The molecular weight excluding hydrogens is 377 g/mol. The summed E-state index contributed by atoms with van der Waals surface area (Å²) in [5, 5.41) is 13.5. The fourth-order valence-electron chi connectivity index (χ4n) is 2.35. The Morgan fingerprint density at radius 1 is 1.22 bits per heavy atom. The number of sulfonamides is 1. The van der Waals surface area contributed by atoms with Crippen molar-refractivity contribution < 1.29 is 22.5 Å². The van der Waals surface area contributed by atoms with Gasteiger partial charge in [0.2, 0.25) is 15.9 Å². The molecule has 0 aliphatic heterocycles. The summed E-state index contributed by atoms with van der Waals surface area (Å²) < 4.78 is 37.7. The lowest BCUT2D eigenvalue weighted by molar-refractivity contribution is -0.384. The molecule has 10 heteroatoms. The van der Waals surface area contributed by atoms with Crippen LogP contribution in [0.2, 0.25) is 0 Å². The summed E-state index contributed by atoms with van der Waals surface area (Å²) in [6, 6.07) is 10.8. The molecule has 0 aliphatic rings. The summed E-state index contributed by atoms with van der Waals surface area (Å²) in [6.07, 6.45) is 1.36. The molecular formula is C17H18FN3O5S. The molecule has 27 heavy (non-hydrogen) atoms. The molecule has 2 aromatic rings. The van der Waals surface area contributed by atoms with E-state index in [0.29, 0.717) is 6.42 Å². The summed E-state index contributed by atoms with van der Waals surface area (Å²) in [6.45, 7) is -0.277. The number of hydrogen-bond donors (Lipinski definition) is 1. The summed E-state index contributed by atoms with van der Waals surface area (Å²) in [5.74, 6) is -0.919. The van der Waals surface area contributed by atoms with Crippen LogP contribution in [0.25, 0.3) is 0 Å². The zero-order chi connectivity index (χ0) is 20.0. The summed E-state index contributed by atoms with van der Waals surface area (Å²) in [7, 11) is -3.83. The number of halogens is 1. The average molecular weight is 395 g/mol. The van der Waals surface area contributed by atoms with Gasteiger partial charge in [-0.1, -0.05) is 18.2 Å². The lowest BCUT2D eigenvalue weighted by Crippen LogP contribution is -2.41. The molecule has 2 rings (SSSR count). The van der Waals surface area contributed by atoms with Crippen LogP contribution in [-0.2, 0) is 21.2 Å². The Morgan fingerprint density at radius 3 is 2.48 bits per heavy atom. The molecule has 0 saturated heterocycles. The maximum atomic E-state index is 12.9. The van der Waals surface area contributed by atoms with E-state index >= 15 is 0 Å². The first-order chi connectivity index (χ1) is 12.7. The number of benzene rings is 2. The zero-order valence-corrected chi connectivity index (χ0v) is 15.3. The topological polar surface area (TPSA) is 110 Å². The van der Waals surface area contributed by atoms with Crippen LogP contribution in [0, 0.1) is 15.9 Å². The highest BCUT2D eigenvalue weighted by Crippen LogP contribution is 2.22. The van der Waals surface area contributed by atoms with Crippen molar-refractivity contribution in [2.45, 2.75) is 6.42 Å². The second-order valence-corrected chi connectivity index (χ2v) is 7.68. The van der Waals surface area contributed by atoms with Crippen LogP contribution in [0.4, 0.5) is 15.8 Å². The largest absolute Gasteiger partial charge is 0.354 e. The summed E-state index contributed by atoms with van der Waals surface area (Å²) >= 11 is 0. The van der Waals surface area contributed by atoms with Crippen molar-refractivity contribution in [1.82, 2.24) is 5.32 Å². The highest BCUT2D eigenvalue weighted by atomic mass is 32.2. The van der Waals surface area contributed by atoms with Gasteiger partial charge in [-0.2, -0.15) is 0 Å². The minimum Gasteiger partial charge on any atom is -0.354 e. The Bertz CT molecular complexity index is 932. The van der Waals surface area contributed by atoms with Gasteiger partial charge in [0.05, 0.1) is 16.9 Å². The van der Waals surface area contributed by atoms with Crippen molar-refractivity contribution in [1.29, 1.82) is 0 Å². The van der Waals surface area contributed by atoms with Crippen LogP contribution in [0.5, 0.6) is 0 Å². The predicted octanol–water partition coefficient (Wildman–Crippen LogP) is 1.86. The lowest BCUT2D eigenvalue weighted by atomic mass is 10.1. The fraction of sp³-hybridized carbons (Fsp3) is 0.235. The smallest absolute Gasteiger partial charge is 0.271 e. The Labute approximate surface area is 155 Å². The van der Waals surface area contributed by atoms with E-state index in [0.717, 1.165) is 22.2 Å². The van der Waals surface area contributed by atoms with Gasteiger partial charge in [0.1, 0.15) is 12.4 Å². The van der Waals surface area contributed by atoms with Crippen LogP contribution in [-0.4, -0.2) is 38.6 Å². The van der Waals surface area contributed by atoms with Crippen LogP contribution in [0.15, 0.2) is 48.5 Å². The third-order valence-corrected chi connectivity index (χ3v) is 4.81. The van der Waals surface area contributed by atoms with E-state index < -0.39 is 27.4 Å². The monoisotopic (exact) mass is 395 g/mol. The highest BCUT2D eigenvalue weighted by Gasteiger charge is 2.22. The Morgan fingerprint density at radius 2 is 1.89 bits per heavy atom. The van der Waals surface area contributed by atoms with Gasteiger partial charge in [-0.15, -0.1) is 0 Å². The molecule has 0 spiro atoms. The van der Waals surface area contributed by atoms with Crippen molar-refractivity contribution in [3.05, 3.63) is 70.0 Å². The van der Waals surface area contributed by atoms with Crippen LogP contribution in [0.1, 0.15) is 5.56 Å². The lowest BCUT2D eigenvalue weighted by Gasteiger charge is -2.21. The number of nitro groups is 1. The summed E-state index contributed by atoms with van der Waals surface area (Å²) in [4.78, 5) is 22.4. The number of carbonyl (C=O) groups excluding carboxylic acids is 1. The van der Waals surface area contributed by atoms with Crippen molar-refractivity contribution in [2.75, 3.05) is 23.7 Å². The first-order valence-electron chi connectivity index (χ1n) is 7.90. The maximum Gasteiger partial charge on any atom is 0.271 e. The van der Waals surface area contributed by atoms with Gasteiger partial charge in [-0.05, 0) is 30.2 Å². The molecule has 0 saturated carbocycles. The van der Waals surface area contributed by atoms with Gasteiger partial charge in [-0.25, -0.2) is 12.8 Å². The number of rotatable bonds is 8. The first kappa shape index (κ1) is 20.3. The molecule has 0 radical (unpaired) electrons. The molecule has 0 aliphatic carbocycles. The maximum absolute atomic E-state index is 12.9. The molecule has 1 N–H and O–H groups in total. The Kier molecular flexibility index (Phi) is 6.45. The minimum absolute atomic E-state index is 0.0281. The van der Waals surface area contributed by atoms with E-state index in [1.807, 2.05) is 0 Å². The molecule has 0 fully saturated rings. The van der Waals surface area contributed by atoms with Crippen molar-refractivity contribution in [2.24, 2.45) is 0 Å². The van der Waals surface area contributed by atoms with Gasteiger partial charge in [0, 0.05) is 18.7 Å². The number of amides is 1. The molecule has 0 bridgehead atoms. The quantitative estimate of drug-likeness (QED) is 0.542. The fourth-order valence-corrected chi connectivity index (χ4v) is 3.19. The molecule has 0 unspecified atom stereocenters. The number of non-ortho nitro benzene ring substituents is 1. The number of nitrogens with one attached hydrogen (secondary N) is 1. The first-order valence-corrected chi connectivity index (χ1v) is 9.75. The third kappa shape index (κ3) is 6.03. The van der Waals surface area contributed by atoms with Crippen LogP contribution >= 0.6 is 0 Å². The Balaban J connectivity index is 2.03. The molecule has 8 nitrogen and oxygen atoms in total. The van der Waals surface area contributed by atoms with E-state index in [1.54, 1.807) is 12.1 Å². The molecule has 0 atom stereocenters. The van der Waals surface area contributed by atoms with E-state index in [4.69, 9.17) is 0 Å². The molecule has 1 amide bonds. The van der Waals surface area contributed by atoms with E-state index in [2.05, 4.69) is 5.32 Å². The van der Waals surface area contributed by atoms with Gasteiger partial charge < -0.3 is 5.32 Å². The number of anilines is 1. The van der Waals surface area contributed by atoms with Gasteiger partial charge in [0.15, 0.2) is 0 Å². The van der Waals surface area contributed by atoms with Crippen LogP contribution < -0.4 is 9.62 Å². The highest BCUT2D eigenvalue weighted by molar-refractivity contribution is 7.92. The van der Waals surface area contributed by atoms with Crippen molar-refractivity contribution in [3.8, 4) is 0 Å². The van der Waals surface area contributed by atoms with Crippen LogP contribution in [0.3, 0.4) is 0 Å². The van der Waals surface area contributed by atoms with E-state index in [9.17, 15) is 27.7 Å². The van der Waals surface area contributed by atoms with Gasteiger partial charge in [-0.3, -0.25) is 19.2 Å². The number of nitro benzene ring substituents is 1. The van der Waals surface area contributed by atoms with Gasteiger partial charge >= 0.3 is 0 Å². The molecule has 0 heterocycles. The normalized spacial score (nSPS) is 11.0. The number of nitrogens with zero attached hydrogens (tertiary/aromatic N) is 2.